The number of aliphatic hydroxyl groups excluding tert-OH is 1. The normalized spacial score (nSPS) is 16.0. The lowest BCUT2D eigenvalue weighted by Gasteiger charge is -2.22. The predicted octanol–water partition coefficient (Wildman–Crippen LogP) is 7.39. The van der Waals surface area contributed by atoms with Gasteiger partial charge in [0.25, 0.3) is 5.78 Å². The molecule has 44 heavy (non-hydrogen) atoms. The first-order valence-corrected chi connectivity index (χ1v) is 15.8. The Balaban J connectivity index is 1.28. The Morgan fingerprint density at radius 3 is 2.43 bits per heavy atom. The summed E-state index contributed by atoms with van der Waals surface area (Å²) in [5.74, 6) is -0.664. The second kappa shape index (κ2) is 13.0. The van der Waals surface area contributed by atoms with E-state index < -0.39 is 17.7 Å². The monoisotopic (exact) mass is 640 g/mol. The van der Waals surface area contributed by atoms with Gasteiger partial charge in [0.1, 0.15) is 18.1 Å². The lowest BCUT2D eigenvalue weighted by molar-refractivity contribution is -0.132. The van der Waals surface area contributed by atoms with Gasteiger partial charge in [0.05, 0.1) is 11.6 Å². The van der Waals surface area contributed by atoms with Crippen LogP contribution in [0.3, 0.4) is 0 Å². The van der Waals surface area contributed by atoms with Crippen LogP contribution in [0.15, 0.2) is 107 Å². The van der Waals surface area contributed by atoms with Crippen molar-refractivity contribution in [3.05, 3.63) is 136 Å². The maximum Gasteiger partial charge on any atom is 0.301 e. The number of hydrogen-bond donors (Lipinski definition) is 1. The number of hydrogen-bond acceptors (Lipinski definition) is 9. The van der Waals surface area contributed by atoms with Crippen molar-refractivity contribution in [3.63, 3.8) is 0 Å². The number of aromatic nitrogens is 3. The van der Waals surface area contributed by atoms with Crippen LogP contribution in [0.2, 0.25) is 5.02 Å². The van der Waals surface area contributed by atoms with Crippen LogP contribution in [-0.4, -0.2) is 32.0 Å². The molecule has 6 rings (SSSR count). The number of ketones is 1. The molecular weight excluding hydrogens is 616 g/mol. The second-order valence-electron chi connectivity index (χ2n) is 9.95. The SMILES string of the molecule is Cc1ccccc1COc1ccc(/C(O)=C2\C(=O)C(=O)N(c3nnc(SCc4ccc(Cl)cc4)s3)C2c2ccncc2)cc1. The first-order chi connectivity index (χ1) is 21.4. The highest BCUT2D eigenvalue weighted by Crippen LogP contribution is 2.44. The zero-order valence-electron chi connectivity index (χ0n) is 23.4. The van der Waals surface area contributed by atoms with Crippen molar-refractivity contribution in [1.82, 2.24) is 15.2 Å². The summed E-state index contributed by atoms with van der Waals surface area (Å²) >= 11 is 8.66. The number of amides is 1. The van der Waals surface area contributed by atoms with Gasteiger partial charge in [0, 0.05) is 28.7 Å². The van der Waals surface area contributed by atoms with Gasteiger partial charge in [0.15, 0.2) is 4.34 Å². The van der Waals surface area contributed by atoms with Gasteiger partial charge >= 0.3 is 5.91 Å². The molecule has 5 aromatic rings. The fourth-order valence-electron chi connectivity index (χ4n) is 4.77. The molecule has 1 N–H and O–H groups in total. The van der Waals surface area contributed by atoms with Crippen molar-refractivity contribution in [2.24, 2.45) is 0 Å². The molecule has 220 valence electrons. The number of ether oxygens (including phenoxy) is 1. The summed E-state index contributed by atoms with van der Waals surface area (Å²) in [6.07, 6.45) is 3.15. The minimum atomic E-state index is -0.919. The predicted molar refractivity (Wildman–Crippen MR) is 172 cm³/mol. The van der Waals surface area contributed by atoms with E-state index >= 15 is 0 Å². The standard InChI is InChI=1S/C33H25ClN4O4S2/c1-20-4-2-3-5-24(20)18-42-26-12-8-23(9-13-26)29(39)27-28(22-14-16-35-17-15-22)38(31(41)30(27)40)32-36-37-33(44-32)43-19-21-6-10-25(34)11-7-21/h2-17,28,39H,18-19H2,1H3/b29-27+. The molecule has 8 nitrogen and oxygen atoms in total. The van der Waals surface area contributed by atoms with E-state index in [1.807, 2.05) is 55.5 Å². The first-order valence-electron chi connectivity index (χ1n) is 13.6. The van der Waals surface area contributed by atoms with Gasteiger partial charge in [-0.2, -0.15) is 0 Å². The number of aryl methyl sites for hydroxylation is 1. The third-order valence-corrected chi connectivity index (χ3v) is 9.51. The molecule has 1 fully saturated rings. The third kappa shape index (κ3) is 6.23. The molecule has 1 aliphatic heterocycles. The number of benzene rings is 3. The van der Waals surface area contributed by atoms with Crippen LogP contribution in [0.1, 0.15) is 33.9 Å². The van der Waals surface area contributed by atoms with E-state index in [2.05, 4.69) is 15.2 Å². The minimum absolute atomic E-state index is 0.0413. The lowest BCUT2D eigenvalue weighted by atomic mass is 9.96. The number of pyridine rings is 1. The maximum atomic E-state index is 13.5. The van der Waals surface area contributed by atoms with Crippen LogP contribution in [0, 0.1) is 6.92 Å². The van der Waals surface area contributed by atoms with E-state index in [9.17, 15) is 14.7 Å². The summed E-state index contributed by atoms with van der Waals surface area (Å²) in [7, 11) is 0. The minimum Gasteiger partial charge on any atom is -0.507 e. The van der Waals surface area contributed by atoms with E-state index in [0.717, 1.165) is 16.7 Å². The number of rotatable bonds is 9. The molecule has 11 heteroatoms. The Morgan fingerprint density at radius 2 is 1.70 bits per heavy atom. The summed E-state index contributed by atoms with van der Waals surface area (Å²) < 4.78 is 6.57. The summed E-state index contributed by atoms with van der Waals surface area (Å²) in [5, 5.41) is 20.9. The van der Waals surface area contributed by atoms with Crippen LogP contribution in [-0.2, 0) is 21.9 Å². The van der Waals surface area contributed by atoms with Crippen molar-refractivity contribution < 1.29 is 19.4 Å². The molecule has 3 heterocycles. The first kappa shape index (κ1) is 29.6. The molecule has 0 spiro atoms. The summed E-state index contributed by atoms with van der Waals surface area (Å²) in [5.41, 5.74) is 4.19. The average Bonchev–Trinajstić information content (AvgIpc) is 3.62. The second-order valence-corrected chi connectivity index (χ2v) is 12.6. The molecule has 1 atom stereocenters. The molecule has 0 bridgehead atoms. The van der Waals surface area contributed by atoms with Crippen LogP contribution in [0.5, 0.6) is 5.75 Å². The van der Waals surface area contributed by atoms with Crippen molar-refractivity contribution in [3.8, 4) is 5.75 Å². The van der Waals surface area contributed by atoms with Gasteiger partial charge in [0.2, 0.25) is 5.13 Å². The molecule has 1 saturated heterocycles. The molecule has 1 unspecified atom stereocenters. The smallest absolute Gasteiger partial charge is 0.301 e. The van der Waals surface area contributed by atoms with Crippen molar-refractivity contribution in [2.45, 2.75) is 29.7 Å². The van der Waals surface area contributed by atoms with E-state index in [1.165, 1.54) is 28.0 Å². The maximum absolute atomic E-state index is 13.5. The zero-order valence-corrected chi connectivity index (χ0v) is 25.8. The highest BCUT2D eigenvalue weighted by Gasteiger charge is 2.48. The van der Waals surface area contributed by atoms with Gasteiger partial charge in [-0.25, -0.2) is 0 Å². The average molecular weight is 641 g/mol. The number of anilines is 1. The molecule has 1 amide bonds. The summed E-state index contributed by atoms with van der Waals surface area (Å²) in [4.78, 5) is 32.3. The molecule has 0 aliphatic carbocycles. The van der Waals surface area contributed by atoms with Crippen molar-refractivity contribution in [1.29, 1.82) is 0 Å². The van der Waals surface area contributed by atoms with Crippen LogP contribution in [0.25, 0.3) is 5.76 Å². The van der Waals surface area contributed by atoms with E-state index in [4.69, 9.17) is 16.3 Å². The molecule has 0 radical (unpaired) electrons. The fourth-order valence-corrected chi connectivity index (χ4v) is 6.72. The van der Waals surface area contributed by atoms with Gasteiger partial charge in [-0.3, -0.25) is 19.5 Å². The Bertz CT molecular complexity index is 1840. The van der Waals surface area contributed by atoms with Crippen molar-refractivity contribution in [2.75, 3.05) is 4.90 Å². The van der Waals surface area contributed by atoms with Gasteiger partial charge in [-0.15, -0.1) is 10.2 Å². The Morgan fingerprint density at radius 1 is 0.977 bits per heavy atom. The topological polar surface area (TPSA) is 106 Å². The van der Waals surface area contributed by atoms with Crippen LogP contribution >= 0.6 is 34.7 Å². The zero-order chi connectivity index (χ0) is 30.6. The van der Waals surface area contributed by atoms with Crippen LogP contribution in [0.4, 0.5) is 5.13 Å². The Labute approximate surface area is 267 Å². The Hall–Kier alpha value is -4.51. The molecule has 1 aliphatic rings. The molecular formula is C33H25ClN4O4S2. The summed E-state index contributed by atoms with van der Waals surface area (Å²) in [6.45, 7) is 2.42. The molecule has 2 aromatic heterocycles. The number of carbonyl (C=O) groups is 2. The third-order valence-electron chi connectivity index (χ3n) is 7.13. The Kier molecular flexibility index (Phi) is 8.74. The number of thioether (sulfide) groups is 1. The molecule has 3 aromatic carbocycles. The number of nitrogens with zero attached hydrogens (tertiary/aromatic N) is 4. The fraction of sp³-hybridized carbons (Fsp3) is 0.121. The largest absolute Gasteiger partial charge is 0.507 e. The highest BCUT2D eigenvalue weighted by molar-refractivity contribution is 8.00. The number of carbonyl (C=O) groups excluding carboxylic acids is 2. The van der Waals surface area contributed by atoms with Crippen LogP contribution < -0.4 is 9.64 Å². The number of halogens is 1. The van der Waals surface area contributed by atoms with Crippen molar-refractivity contribution >= 4 is 57.3 Å². The summed E-state index contributed by atoms with van der Waals surface area (Å²) in [6, 6.07) is 24.7. The van der Waals surface area contributed by atoms with Gasteiger partial charge in [-0.05, 0) is 77.7 Å². The number of aliphatic hydroxyl groups is 1. The van der Waals surface area contributed by atoms with E-state index in [0.29, 0.717) is 38.6 Å². The van der Waals surface area contributed by atoms with Gasteiger partial charge < -0.3 is 9.84 Å². The van der Waals surface area contributed by atoms with E-state index in [1.54, 1.807) is 48.8 Å². The highest BCUT2D eigenvalue weighted by atomic mass is 35.5. The number of Topliss-reactive ketones (excluding diaryl/α,β-unsaturated/α-hetero) is 1. The van der Waals surface area contributed by atoms with E-state index in [-0.39, 0.29) is 16.5 Å². The lowest BCUT2D eigenvalue weighted by Crippen LogP contribution is -2.29. The molecule has 0 saturated carbocycles. The quantitative estimate of drug-likeness (QED) is 0.0584. The van der Waals surface area contributed by atoms with Gasteiger partial charge in [-0.1, -0.05) is 71.1 Å².